The Labute approximate surface area is 115 Å². The molecule has 102 valence electrons. The van der Waals surface area contributed by atoms with Gasteiger partial charge in [0.05, 0.1) is 11.2 Å². The van der Waals surface area contributed by atoms with Crippen LogP contribution in [0.25, 0.3) is 0 Å². The van der Waals surface area contributed by atoms with Crippen LogP contribution in [-0.2, 0) is 5.54 Å². The van der Waals surface area contributed by atoms with Crippen LogP contribution in [0.15, 0.2) is 5.38 Å². The predicted molar refractivity (Wildman–Crippen MR) is 79.2 cm³/mol. The molecule has 1 aliphatic rings. The van der Waals surface area contributed by atoms with E-state index in [-0.39, 0.29) is 5.54 Å². The smallest absolute Gasteiger partial charge is 0.113 e. The Morgan fingerprint density at radius 2 is 2.33 bits per heavy atom. The minimum absolute atomic E-state index is 0.157. The highest BCUT2D eigenvalue weighted by atomic mass is 32.1. The first kappa shape index (κ1) is 14.0. The largest absolute Gasteiger partial charge is 0.306 e. The Hall–Kier alpha value is -0.410. The summed E-state index contributed by atoms with van der Waals surface area (Å²) in [5.74, 6) is 1.35. The molecule has 1 N–H and O–H groups in total. The van der Waals surface area contributed by atoms with Crippen molar-refractivity contribution >= 4 is 11.3 Å². The van der Waals surface area contributed by atoms with Crippen LogP contribution in [0.4, 0.5) is 0 Å². The zero-order valence-electron chi connectivity index (χ0n) is 12.1. The first-order valence-corrected chi connectivity index (χ1v) is 8.16. The van der Waals surface area contributed by atoms with Crippen LogP contribution in [-0.4, -0.2) is 11.5 Å². The van der Waals surface area contributed by atoms with E-state index in [2.05, 4.69) is 38.4 Å². The van der Waals surface area contributed by atoms with Gasteiger partial charge in [0.1, 0.15) is 5.01 Å². The van der Waals surface area contributed by atoms with Crippen molar-refractivity contribution in [3.05, 3.63) is 16.1 Å². The fraction of sp³-hybridized carbons (Fsp3) is 0.800. The maximum Gasteiger partial charge on any atom is 0.113 e. The lowest BCUT2D eigenvalue weighted by Crippen LogP contribution is -2.45. The van der Waals surface area contributed by atoms with Gasteiger partial charge in [-0.05, 0) is 31.2 Å². The Bertz CT molecular complexity index is 382. The van der Waals surface area contributed by atoms with Crippen molar-refractivity contribution < 1.29 is 0 Å². The van der Waals surface area contributed by atoms with Gasteiger partial charge in [0.15, 0.2) is 0 Å². The molecule has 2 rings (SSSR count). The van der Waals surface area contributed by atoms with Crippen LogP contribution in [0.2, 0.25) is 0 Å². The molecule has 2 nitrogen and oxygen atoms in total. The van der Waals surface area contributed by atoms with Crippen molar-refractivity contribution in [3.63, 3.8) is 0 Å². The molecule has 1 aliphatic carbocycles. The topological polar surface area (TPSA) is 24.9 Å². The monoisotopic (exact) mass is 266 g/mol. The van der Waals surface area contributed by atoms with Gasteiger partial charge in [-0.2, -0.15) is 0 Å². The van der Waals surface area contributed by atoms with Crippen molar-refractivity contribution in [3.8, 4) is 0 Å². The van der Waals surface area contributed by atoms with Crippen molar-refractivity contribution in [2.24, 2.45) is 5.92 Å². The molecule has 0 amide bonds. The van der Waals surface area contributed by atoms with Gasteiger partial charge in [0.25, 0.3) is 0 Å². The van der Waals surface area contributed by atoms with Crippen LogP contribution in [0, 0.1) is 5.92 Å². The fourth-order valence-electron chi connectivity index (χ4n) is 3.09. The first-order chi connectivity index (χ1) is 8.57. The van der Waals surface area contributed by atoms with Crippen molar-refractivity contribution in [2.75, 3.05) is 6.54 Å². The van der Waals surface area contributed by atoms with Gasteiger partial charge < -0.3 is 5.32 Å². The standard InChI is InChI=1S/C15H26N2S/c1-5-16-15(8-6-7-12(4)9-15)14-17-13(10-18-14)11(2)3/h10-12,16H,5-9H2,1-4H3. The number of rotatable bonds is 4. The van der Waals surface area contributed by atoms with E-state index in [4.69, 9.17) is 4.98 Å². The van der Waals surface area contributed by atoms with Gasteiger partial charge in [-0.3, -0.25) is 0 Å². The summed E-state index contributed by atoms with van der Waals surface area (Å²) in [6, 6.07) is 0. The average Bonchev–Trinajstić information content (AvgIpc) is 2.79. The molecule has 0 saturated heterocycles. The van der Waals surface area contributed by atoms with Gasteiger partial charge in [-0.25, -0.2) is 4.98 Å². The minimum atomic E-state index is 0.157. The molecular formula is C15H26N2S. The van der Waals surface area contributed by atoms with E-state index in [1.807, 2.05) is 11.3 Å². The molecule has 3 heteroatoms. The Balaban J connectivity index is 2.27. The van der Waals surface area contributed by atoms with Crippen molar-refractivity contribution in [1.29, 1.82) is 0 Å². The van der Waals surface area contributed by atoms with E-state index in [9.17, 15) is 0 Å². The van der Waals surface area contributed by atoms with E-state index in [0.717, 1.165) is 12.5 Å². The number of nitrogens with zero attached hydrogens (tertiary/aromatic N) is 1. The second kappa shape index (κ2) is 5.70. The molecule has 0 spiro atoms. The molecule has 1 fully saturated rings. The lowest BCUT2D eigenvalue weighted by molar-refractivity contribution is 0.190. The normalized spacial score (nSPS) is 28.8. The first-order valence-electron chi connectivity index (χ1n) is 7.28. The number of hydrogen-bond acceptors (Lipinski definition) is 3. The molecule has 0 radical (unpaired) electrons. The molecular weight excluding hydrogens is 240 g/mol. The summed E-state index contributed by atoms with van der Waals surface area (Å²) in [7, 11) is 0. The zero-order chi connectivity index (χ0) is 13.2. The minimum Gasteiger partial charge on any atom is -0.306 e. The molecule has 0 aliphatic heterocycles. The fourth-order valence-corrected chi connectivity index (χ4v) is 4.29. The second-order valence-corrected chi connectivity index (χ2v) is 6.90. The quantitative estimate of drug-likeness (QED) is 0.879. The van der Waals surface area contributed by atoms with Gasteiger partial charge in [-0.15, -0.1) is 11.3 Å². The molecule has 0 bridgehead atoms. The third kappa shape index (κ3) is 2.77. The summed E-state index contributed by atoms with van der Waals surface area (Å²) < 4.78 is 0. The molecule has 0 aromatic carbocycles. The number of hydrogen-bond donors (Lipinski definition) is 1. The van der Waals surface area contributed by atoms with Crippen LogP contribution in [0.3, 0.4) is 0 Å². The van der Waals surface area contributed by atoms with Gasteiger partial charge >= 0.3 is 0 Å². The average molecular weight is 266 g/mol. The highest BCUT2D eigenvalue weighted by Crippen LogP contribution is 2.41. The maximum absolute atomic E-state index is 4.91. The predicted octanol–water partition coefficient (Wildman–Crippen LogP) is 4.28. The van der Waals surface area contributed by atoms with E-state index in [1.54, 1.807) is 0 Å². The van der Waals surface area contributed by atoms with E-state index in [1.165, 1.54) is 36.4 Å². The SMILES string of the molecule is CCNC1(c2nc(C(C)C)cs2)CCCC(C)C1. The third-order valence-electron chi connectivity index (χ3n) is 4.04. The third-order valence-corrected chi connectivity index (χ3v) is 5.10. The summed E-state index contributed by atoms with van der Waals surface area (Å²) in [5.41, 5.74) is 1.41. The van der Waals surface area contributed by atoms with E-state index >= 15 is 0 Å². The number of nitrogens with one attached hydrogen (secondary N) is 1. The lowest BCUT2D eigenvalue weighted by Gasteiger charge is -2.39. The molecule has 2 atom stereocenters. The van der Waals surface area contributed by atoms with Gasteiger partial charge in [0.2, 0.25) is 0 Å². The Kier molecular flexibility index (Phi) is 4.44. The summed E-state index contributed by atoms with van der Waals surface area (Å²) in [6.45, 7) is 10.1. The van der Waals surface area contributed by atoms with Crippen molar-refractivity contribution in [1.82, 2.24) is 10.3 Å². The van der Waals surface area contributed by atoms with Crippen LogP contribution < -0.4 is 5.32 Å². The highest BCUT2D eigenvalue weighted by molar-refractivity contribution is 7.09. The summed E-state index contributed by atoms with van der Waals surface area (Å²) in [5, 5.41) is 7.31. The molecule has 18 heavy (non-hydrogen) atoms. The molecule has 1 saturated carbocycles. The lowest BCUT2D eigenvalue weighted by atomic mass is 9.76. The maximum atomic E-state index is 4.91. The van der Waals surface area contributed by atoms with Gasteiger partial charge in [0, 0.05) is 5.38 Å². The number of aromatic nitrogens is 1. The number of thiazole rings is 1. The summed E-state index contributed by atoms with van der Waals surface area (Å²) >= 11 is 1.85. The van der Waals surface area contributed by atoms with Crippen LogP contribution in [0.1, 0.15) is 70.0 Å². The van der Waals surface area contributed by atoms with Crippen molar-refractivity contribution in [2.45, 2.75) is 64.8 Å². The van der Waals surface area contributed by atoms with E-state index < -0.39 is 0 Å². The Morgan fingerprint density at radius 3 is 2.89 bits per heavy atom. The Morgan fingerprint density at radius 1 is 1.56 bits per heavy atom. The van der Waals surface area contributed by atoms with Gasteiger partial charge in [-0.1, -0.05) is 40.5 Å². The molecule has 1 aromatic heterocycles. The van der Waals surface area contributed by atoms with Crippen LogP contribution in [0.5, 0.6) is 0 Å². The molecule has 2 unspecified atom stereocenters. The zero-order valence-corrected chi connectivity index (χ0v) is 12.9. The second-order valence-electron chi connectivity index (χ2n) is 6.05. The summed E-state index contributed by atoms with van der Waals surface area (Å²) in [6.07, 6.45) is 5.18. The molecule has 1 heterocycles. The van der Waals surface area contributed by atoms with Crippen LogP contribution >= 0.6 is 11.3 Å². The molecule has 1 aromatic rings. The summed E-state index contributed by atoms with van der Waals surface area (Å²) in [4.78, 5) is 4.91. The highest BCUT2D eigenvalue weighted by Gasteiger charge is 2.38. The van der Waals surface area contributed by atoms with E-state index in [0.29, 0.717) is 5.92 Å².